The molecular formula is C13H24N2O3S. The smallest absolute Gasteiger partial charge is 0.323 e. The van der Waals surface area contributed by atoms with Gasteiger partial charge in [0.05, 0.1) is 5.75 Å². The Kier molecular flexibility index (Phi) is 6.65. The molecule has 19 heavy (non-hydrogen) atoms. The standard InChI is InChI=1S/C13H24N2O3S/c1-3-14-11(16)9-19-10-6-5-7-13(8-10,12(17)18)15-4-2/h10,15H,3-9H2,1-2H3,(H,14,16)(H,17,18). The maximum atomic E-state index is 11.5. The van der Waals surface area contributed by atoms with Crippen LogP contribution in [0.3, 0.4) is 0 Å². The minimum absolute atomic E-state index is 0.0300. The summed E-state index contributed by atoms with van der Waals surface area (Å²) in [6.45, 7) is 5.11. The molecule has 0 spiro atoms. The predicted octanol–water partition coefficient (Wildman–Crippen LogP) is 1.23. The van der Waals surface area contributed by atoms with Gasteiger partial charge in [-0.05, 0) is 39.2 Å². The van der Waals surface area contributed by atoms with Gasteiger partial charge in [-0.3, -0.25) is 9.59 Å². The molecule has 0 saturated heterocycles. The van der Waals surface area contributed by atoms with Crippen LogP contribution in [-0.2, 0) is 9.59 Å². The van der Waals surface area contributed by atoms with Crippen molar-refractivity contribution in [1.82, 2.24) is 10.6 Å². The van der Waals surface area contributed by atoms with Crippen LogP contribution in [0.1, 0.15) is 39.5 Å². The summed E-state index contributed by atoms with van der Waals surface area (Å²) in [5, 5.41) is 15.6. The SMILES string of the molecule is CCNC(=O)CSC1CCCC(NCC)(C(=O)O)C1. The number of hydrogen-bond acceptors (Lipinski definition) is 4. The van der Waals surface area contributed by atoms with Gasteiger partial charge in [-0.25, -0.2) is 0 Å². The van der Waals surface area contributed by atoms with Crippen molar-refractivity contribution in [2.45, 2.75) is 50.3 Å². The zero-order valence-electron chi connectivity index (χ0n) is 11.7. The number of likely N-dealkylation sites (N-methyl/N-ethyl adjacent to an activating group) is 1. The highest BCUT2D eigenvalue weighted by atomic mass is 32.2. The van der Waals surface area contributed by atoms with Crippen molar-refractivity contribution in [3.8, 4) is 0 Å². The van der Waals surface area contributed by atoms with Crippen LogP contribution in [-0.4, -0.2) is 46.6 Å². The number of amides is 1. The molecule has 1 rings (SSSR count). The van der Waals surface area contributed by atoms with E-state index < -0.39 is 11.5 Å². The van der Waals surface area contributed by atoms with E-state index in [2.05, 4.69) is 10.6 Å². The Morgan fingerprint density at radius 1 is 1.37 bits per heavy atom. The molecule has 0 aromatic carbocycles. The number of carbonyl (C=O) groups excluding carboxylic acids is 1. The molecule has 1 aliphatic carbocycles. The third-order valence-corrected chi connectivity index (χ3v) is 4.76. The third kappa shape index (κ3) is 4.69. The fourth-order valence-electron chi connectivity index (χ4n) is 2.58. The molecule has 3 N–H and O–H groups in total. The Labute approximate surface area is 118 Å². The van der Waals surface area contributed by atoms with E-state index in [-0.39, 0.29) is 11.2 Å². The summed E-state index contributed by atoms with van der Waals surface area (Å²) in [7, 11) is 0. The van der Waals surface area contributed by atoms with Crippen molar-refractivity contribution < 1.29 is 14.7 Å². The zero-order valence-corrected chi connectivity index (χ0v) is 12.5. The molecule has 0 radical (unpaired) electrons. The molecule has 1 aliphatic rings. The largest absolute Gasteiger partial charge is 0.480 e. The summed E-state index contributed by atoms with van der Waals surface area (Å²) >= 11 is 1.58. The quantitative estimate of drug-likeness (QED) is 0.657. The van der Waals surface area contributed by atoms with Gasteiger partial charge in [-0.2, -0.15) is 0 Å². The Morgan fingerprint density at radius 3 is 2.68 bits per heavy atom. The van der Waals surface area contributed by atoms with Crippen LogP contribution in [0.5, 0.6) is 0 Å². The molecule has 1 fully saturated rings. The van der Waals surface area contributed by atoms with Gasteiger partial charge >= 0.3 is 5.97 Å². The van der Waals surface area contributed by atoms with Crippen LogP contribution >= 0.6 is 11.8 Å². The Hall–Kier alpha value is -0.750. The average Bonchev–Trinajstić information content (AvgIpc) is 2.37. The predicted molar refractivity (Wildman–Crippen MR) is 77.4 cm³/mol. The van der Waals surface area contributed by atoms with E-state index in [9.17, 15) is 14.7 Å². The van der Waals surface area contributed by atoms with Crippen molar-refractivity contribution in [1.29, 1.82) is 0 Å². The normalized spacial score (nSPS) is 26.9. The first kappa shape index (κ1) is 16.3. The second-order valence-corrected chi connectivity index (χ2v) is 6.19. The number of nitrogens with one attached hydrogen (secondary N) is 2. The molecule has 0 bridgehead atoms. The van der Waals surface area contributed by atoms with Crippen molar-refractivity contribution >= 4 is 23.6 Å². The zero-order chi connectivity index (χ0) is 14.3. The number of carboxylic acids is 1. The van der Waals surface area contributed by atoms with E-state index in [4.69, 9.17) is 0 Å². The van der Waals surface area contributed by atoms with Crippen LogP contribution in [0.15, 0.2) is 0 Å². The molecule has 5 nitrogen and oxygen atoms in total. The fraction of sp³-hybridized carbons (Fsp3) is 0.846. The van der Waals surface area contributed by atoms with E-state index in [0.717, 1.165) is 12.8 Å². The van der Waals surface area contributed by atoms with Crippen molar-refractivity contribution in [2.75, 3.05) is 18.8 Å². The highest BCUT2D eigenvalue weighted by molar-refractivity contribution is 8.00. The lowest BCUT2D eigenvalue weighted by atomic mass is 9.81. The van der Waals surface area contributed by atoms with E-state index in [0.29, 0.717) is 31.7 Å². The van der Waals surface area contributed by atoms with E-state index in [1.54, 1.807) is 11.8 Å². The monoisotopic (exact) mass is 288 g/mol. The minimum atomic E-state index is -0.800. The number of rotatable bonds is 7. The molecule has 0 aliphatic heterocycles. The molecule has 0 aromatic heterocycles. The molecule has 2 atom stereocenters. The van der Waals surface area contributed by atoms with Gasteiger partial charge in [0, 0.05) is 11.8 Å². The first-order valence-corrected chi connectivity index (χ1v) is 7.95. The number of aliphatic carboxylic acids is 1. The highest BCUT2D eigenvalue weighted by Gasteiger charge is 2.42. The second-order valence-electron chi connectivity index (χ2n) is 4.90. The first-order valence-electron chi connectivity index (χ1n) is 6.90. The Morgan fingerprint density at radius 2 is 2.11 bits per heavy atom. The number of carboxylic acid groups (broad SMARTS) is 1. The minimum Gasteiger partial charge on any atom is -0.480 e. The maximum absolute atomic E-state index is 11.5. The van der Waals surface area contributed by atoms with Crippen molar-refractivity contribution in [2.24, 2.45) is 0 Å². The maximum Gasteiger partial charge on any atom is 0.323 e. The van der Waals surface area contributed by atoms with Gasteiger partial charge < -0.3 is 15.7 Å². The summed E-state index contributed by atoms with van der Waals surface area (Å²) in [4.78, 5) is 22.9. The van der Waals surface area contributed by atoms with Crippen LogP contribution in [0, 0.1) is 0 Å². The molecular weight excluding hydrogens is 264 g/mol. The summed E-state index contributed by atoms with van der Waals surface area (Å²) in [5.41, 5.74) is -0.800. The van der Waals surface area contributed by atoms with Crippen LogP contribution in [0.2, 0.25) is 0 Å². The van der Waals surface area contributed by atoms with Gasteiger partial charge in [0.15, 0.2) is 0 Å². The fourth-order valence-corrected chi connectivity index (χ4v) is 3.80. The summed E-state index contributed by atoms with van der Waals surface area (Å²) in [6.07, 6.45) is 3.16. The Bertz CT molecular complexity index is 321. The van der Waals surface area contributed by atoms with E-state index >= 15 is 0 Å². The molecule has 1 saturated carbocycles. The molecule has 0 aromatic rings. The number of thioether (sulfide) groups is 1. The van der Waals surface area contributed by atoms with E-state index in [1.165, 1.54) is 0 Å². The van der Waals surface area contributed by atoms with Crippen molar-refractivity contribution in [3.63, 3.8) is 0 Å². The molecule has 6 heteroatoms. The lowest BCUT2D eigenvalue weighted by Crippen LogP contribution is -2.55. The number of carbonyl (C=O) groups is 2. The average molecular weight is 288 g/mol. The third-order valence-electron chi connectivity index (χ3n) is 3.45. The van der Waals surface area contributed by atoms with Gasteiger partial charge in [0.2, 0.25) is 5.91 Å². The van der Waals surface area contributed by atoms with Gasteiger partial charge in [-0.15, -0.1) is 11.8 Å². The molecule has 2 unspecified atom stereocenters. The van der Waals surface area contributed by atoms with Crippen LogP contribution in [0.4, 0.5) is 0 Å². The Balaban J connectivity index is 2.53. The lowest BCUT2D eigenvalue weighted by molar-refractivity contribution is -0.146. The van der Waals surface area contributed by atoms with Crippen LogP contribution < -0.4 is 10.6 Å². The molecule has 1 amide bonds. The van der Waals surface area contributed by atoms with Crippen molar-refractivity contribution in [3.05, 3.63) is 0 Å². The lowest BCUT2D eigenvalue weighted by Gasteiger charge is -2.37. The summed E-state index contributed by atoms with van der Waals surface area (Å²) in [6, 6.07) is 0. The molecule has 110 valence electrons. The van der Waals surface area contributed by atoms with Gasteiger partial charge in [0.25, 0.3) is 0 Å². The van der Waals surface area contributed by atoms with Crippen LogP contribution in [0.25, 0.3) is 0 Å². The topological polar surface area (TPSA) is 78.4 Å². The summed E-state index contributed by atoms with van der Waals surface area (Å²) < 4.78 is 0. The first-order chi connectivity index (χ1) is 9.04. The van der Waals surface area contributed by atoms with E-state index in [1.807, 2.05) is 13.8 Å². The highest BCUT2D eigenvalue weighted by Crippen LogP contribution is 2.35. The summed E-state index contributed by atoms with van der Waals surface area (Å²) in [5.74, 6) is -0.319. The second kappa shape index (κ2) is 7.75. The van der Waals surface area contributed by atoms with Gasteiger partial charge in [0.1, 0.15) is 5.54 Å². The number of hydrogen-bond donors (Lipinski definition) is 3. The van der Waals surface area contributed by atoms with Gasteiger partial charge in [-0.1, -0.05) is 6.92 Å². The molecule has 0 heterocycles.